The maximum atomic E-state index is 13.0. The lowest BCUT2D eigenvalue weighted by Crippen LogP contribution is -2.44. The number of amides is 1. The van der Waals surface area contributed by atoms with Crippen molar-refractivity contribution in [2.24, 2.45) is 5.92 Å². The minimum atomic E-state index is -4.63. The number of hydrogen-bond acceptors (Lipinski definition) is 5. The van der Waals surface area contributed by atoms with E-state index >= 15 is 0 Å². The van der Waals surface area contributed by atoms with E-state index in [1.165, 1.54) is 46.8 Å². The molecule has 0 radical (unpaired) electrons. The Labute approximate surface area is 245 Å². The van der Waals surface area contributed by atoms with Crippen LogP contribution in [0.5, 0.6) is 0 Å². The van der Waals surface area contributed by atoms with Gasteiger partial charge in [0.25, 0.3) is 10.0 Å². The highest BCUT2D eigenvalue weighted by molar-refractivity contribution is 7.92. The summed E-state index contributed by atoms with van der Waals surface area (Å²) in [6, 6.07) is 13.4. The van der Waals surface area contributed by atoms with Crippen LogP contribution in [0.25, 0.3) is 0 Å². The minimum absolute atomic E-state index is 0.0350. The van der Waals surface area contributed by atoms with Crippen LogP contribution >= 0.6 is 23.2 Å². The Hall–Kier alpha value is -2.84. The number of carbonyl (C=O) groups excluding carboxylic acids is 1. The molecular formula is C26H24Cl2F3N3O5S2. The van der Waals surface area contributed by atoms with Crippen LogP contribution in [0.4, 0.5) is 24.5 Å². The van der Waals surface area contributed by atoms with E-state index in [4.69, 9.17) is 23.2 Å². The molecule has 3 aromatic carbocycles. The molecule has 15 heteroatoms. The first-order valence-electron chi connectivity index (χ1n) is 12.2. The molecule has 0 aliphatic carbocycles. The summed E-state index contributed by atoms with van der Waals surface area (Å²) in [5, 5.41) is 3.27. The maximum Gasteiger partial charge on any atom is 0.416 e. The van der Waals surface area contributed by atoms with Crippen molar-refractivity contribution >= 4 is 60.5 Å². The fraction of sp³-hybridized carbons (Fsp3) is 0.269. The second-order valence-electron chi connectivity index (χ2n) is 9.39. The van der Waals surface area contributed by atoms with Crippen LogP contribution in [0.15, 0.2) is 71.6 Å². The summed E-state index contributed by atoms with van der Waals surface area (Å²) in [7, 11) is -8.00. The summed E-state index contributed by atoms with van der Waals surface area (Å²) in [6.45, 7) is 0.218. The molecule has 3 aromatic rings. The van der Waals surface area contributed by atoms with Gasteiger partial charge in [-0.2, -0.15) is 13.2 Å². The SMILES string of the molecule is O=C(Nc1ccc(S(=O)(=O)Nc2cccc(C(F)(F)F)c2)cc1)[C@H]1CCCN(S(=O)(=O)Cc2ccc(Cl)cc2Cl)C1. The monoisotopic (exact) mass is 649 g/mol. The lowest BCUT2D eigenvalue weighted by atomic mass is 9.99. The number of alkyl halides is 3. The van der Waals surface area contributed by atoms with E-state index in [1.807, 2.05) is 0 Å². The van der Waals surface area contributed by atoms with Crippen molar-refractivity contribution in [2.75, 3.05) is 23.1 Å². The van der Waals surface area contributed by atoms with Gasteiger partial charge in [0.05, 0.1) is 22.1 Å². The van der Waals surface area contributed by atoms with Crippen molar-refractivity contribution in [1.82, 2.24) is 4.31 Å². The summed E-state index contributed by atoms with van der Waals surface area (Å²) in [6.07, 6.45) is -3.72. The topological polar surface area (TPSA) is 113 Å². The normalized spacial score (nSPS) is 16.8. The Morgan fingerprint density at radius 2 is 1.66 bits per heavy atom. The van der Waals surface area contributed by atoms with Crippen LogP contribution in [-0.4, -0.2) is 40.1 Å². The number of carbonyl (C=O) groups is 1. The Morgan fingerprint density at radius 3 is 2.32 bits per heavy atom. The highest BCUT2D eigenvalue weighted by Gasteiger charge is 2.33. The van der Waals surface area contributed by atoms with Crippen molar-refractivity contribution in [2.45, 2.75) is 29.7 Å². The zero-order chi connectivity index (χ0) is 30.0. The van der Waals surface area contributed by atoms with Gasteiger partial charge in [0, 0.05) is 34.5 Å². The number of anilines is 2. The molecule has 4 rings (SSSR count). The Balaban J connectivity index is 1.39. The predicted octanol–water partition coefficient (Wildman–Crippen LogP) is 5.99. The molecule has 0 spiro atoms. The molecule has 0 saturated carbocycles. The van der Waals surface area contributed by atoms with E-state index < -0.39 is 43.6 Å². The molecule has 1 heterocycles. The van der Waals surface area contributed by atoms with Gasteiger partial charge < -0.3 is 5.32 Å². The highest BCUT2D eigenvalue weighted by Crippen LogP contribution is 2.31. The summed E-state index contributed by atoms with van der Waals surface area (Å²) in [4.78, 5) is 12.7. The Bertz CT molecular complexity index is 1650. The average molecular weight is 651 g/mol. The molecule has 1 fully saturated rings. The van der Waals surface area contributed by atoms with Crippen molar-refractivity contribution in [3.63, 3.8) is 0 Å². The van der Waals surface area contributed by atoms with Crippen LogP contribution in [-0.2, 0) is 36.8 Å². The Morgan fingerprint density at radius 1 is 0.951 bits per heavy atom. The van der Waals surface area contributed by atoms with Crippen molar-refractivity contribution in [3.8, 4) is 0 Å². The molecular weight excluding hydrogens is 626 g/mol. The molecule has 220 valence electrons. The van der Waals surface area contributed by atoms with E-state index in [2.05, 4.69) is 10.0 Å². The first-order valence-corrected chi connectivity index (χ1v) is 16.0. The molecule has 41 heavy (non-hydrogen) atoms. The molecule has 0 bridgehead atoms. The van der Waals surface area contributed by atoms with Crippen LogP contribution < -0.4 is 10.0 Å². The smallest absolute Gasteiger partial charge is 0.326 e. The van der Waals surface area contributed by atoms with Gasteiger partial charge in [-0.15, -0.1) is 0 Å². The molecule has 1 amide bonds. The third-order valence-corrected chi connectivity index (χ3v) is 10.2. The fourth-order valence-electron chi connectivity index (χ4n) is 4.27. The zero-order valence-electron chi connectivity index (χ0n) is 21.2. The van der Waals surface area contributed by atoms with Crippen LogP contribution in [0.2, 0.25) is 10.0 Å². The Kier molecular flexibility index (Phi) is 9.24. The van der Waals surface area contributed by atoms with Gasteiger partial charge in [-0.3, -0.25) is 9.52 Å². The second-order valence-corrected chi connectivity index (χ2v) is 13.9. The van der Waals surface area contributed by atoms with Gasteiger partial charge >= 0.3 is 6.18 Å². The summed E-state index contributed by atoms with van der Waals surface area (Å²) in [5.74, 6) is -1.43. The number of nitrogens with zero attached hydrogens (tertiary/aromatic N) is 1. The lowest BCUT2D eigenvalue weighted by Gasteiger charge is -2.31. The maximum absolute atomic E-state index is 13.0. The third-order valence-electron chi connectivity index (χ3n) is 6.38. The predicted molar refractivity (Wildman–Crippen MR) is 151 cm³/mol. The van der Waals surface area contributed by atoms with E-state index in [1.54, 1.807) is 6.07 Å². The van der Waals surface area contributed by atoms with Gasteiger partial charge in [-0.25, -0.2) is 21.1 Å². The van der Waals surface area contributed by atoms with E-state index in [0.29, 0.717) is 29.5 Å². The van der Waals surface area contributed by atoms with Gasteiger partial charge in [0.1, 0.15) is 0 Å². The molecule has 1 aliphatic rings. The first kappa shape index (κ1) is 31.1. The van der Waals surface area contributed by atoms with Gasteiger partial charge in [-0.05, 0) is 73.0 Å². The number of benzene rings is 3. The zero-order valence-corrected chi connectivity index (χ0v) is 24.3. The van der Waals surface area contributed by atoms with Crippen molar-refractivity contribution in [3.05, 3.63) is 87.9 Å². The number of piperidine rings is 1. The summed E-state index contributed by atoms with van der Waals surface area (Å²) >= 11 is 12.0. The fourth-order valence-corrected chi connectivity index (χ4v) is 7.52. The molecule has 1 saturated heterocycles. The quantitative estimate of drug-likeness (QED) is 0.311. The average Bonchev–Trinajstić information content (AvgIpc) is 2.90. The van der Waals surface area contributed by atoms with Gasteiger partial charge in [0.2, 0.25) is 15.9 Å². The van der Waals surface area contributed by atoms with Crippen LogP contribution in [0, 0.1) is 5.92 Å². The van der Waals surface area contributed by atoms with Crippen molar-refractivity contribution < 1.29 is 34.8 Å². The second kappa shape index (κ2) is 12.2. The van der Waals surface area contributed by atoms with Crippen molar-refractivity contribution in [1.29, 1.82) is 0 Å². The molecule has 8 nitrogen and oxygen atoms in total. The number of sulfonamides is 2. The largest absolute Gasteiger partial charge is 0.416 e. The summed E-state index contributed by atoms with van der Waals surface area (Å²) in [5.41, 5.74) is -0.605. The van der Waals surface area contributed by atoms with Crippen LogP contribution in [0.3, 0.4) is 0 Å². The number of halogens is 5. The first-order chi connectivity index (χ1) is 19.1. The summed E-state index contributed by atoms with van der Waals surface area (Å²) < 4.78 is 93.6. The molecule has 0 aromatic heterocycles. The molecule has 2 N–H and O–H groups in total. The van der Waals surface area contributed by atoms with E-state index in [9.17, 15) is 34.8 Å². The van der Waals surface area contributed by atoms with Crippen LogP contribution in [0.1, 0.15) is 24.0 Å². The number of hydrogen-bond donors (Lipinski definition) is 2. The third kappa shape index (κ3) is 7.92. The lowest BCUT2D eigenvalue weighted by molar-refractivity contribution is -0.137. The van der Waals surface area contributed by atoms with E-state index in [0.717, 1.165) is 12.1 Å². The van der Waals surface area contributed by atoms with E-state index in [-0.39, 0.29) is 40.1 Å². The van der Waals surface area contributed by atoms with Gasteiger partial charge in [0.15, 0.2) is 0 Å². The number of nitrogens with one attached hydrogen (secondary N) is 2. The highest BCUT2D eigenvalue weighted by atomic mass is 35.5. The molecule has 1 atom stereocenters. The minimum Gasteiger partial charge on any atom is -0.326 e. The standard InChI is InChI=1S/C26H24Cl2F3N3O5S2/c27-20-7-6-18(24(28)14-20)16-40(36,37)34-12-2-3-17(15-34)25(35)32-21-8-10-23(11-9-21)41(38,39)33-22-5-1-4-19(13-22)26(29,30)31/h1,4-11,13-14,17,33H,2-3,12,15-16H2,(H,32,35)/t17-/m0/s1. The van der Waals surface area contributed by atoms with Gasteiger partial charge in [-0.1, -0.05) is 35.3 Å². The molecule has 1 aliphatic heterocycles. The molecule has 0 unspecified atom stereocenters. The number of rotatable bonds is 8.